The number of rotatable bonds is 10. The zero-order chi connectivity index (χ0) is 16.4. The number of carbonyl (C=O) groups excluding carboxylic acids is 1. The van der Waals surface area contributed by atoms with Gasteiger partial charge in [0.25, 0.3) is 0 Å². The Morgan fingerprint density at radius 3 is 2.57 bits per heavy atom. The van der Waals surface area contributed by atoms with Crippen LogP contribution in [0.4, 0.5) is 0 Å². The van der Waals surface area contributed by atoms with Crippen LogP contribution in [-0.2, 0) is 4.79 Å². The Kier molecular flexibility index (Phi) is 10.7. The maximum absolute atomic E-state index is 11.8. The second kappa shape index (κ2) is 11.3. The van der Waals surface area contributed by atoms with Gasteiger partial charge in [0.05, 0.1) is 6.61 Å². The summed E-state index contributed by atoms with van der Waals surface area (Å²) in [7, 11) is 0. The molecule has 4 nitrogen and oxygen atoms in total. The maximum Gasteiger partial charge on any atom is 0.220 e. The molecule has 23 heavy (non-hydrogen) atoms. The number of ether oxygens (including phenoxy) is 1. The monoisotopic (exact) mass is 342 g/mol. The predicted octanol–water partition coefficient (Wildman–Crippen LogP) is 3.60. The predicted molar refractivity (Wildman–Crippen MR) is 98.3 cm³/mol. The molecule has 0 aliphatic carbocycles. The lowest BCUT2D eigenvalue weighted by Crippen LogP contribution is -2.49. The van der Waals surface area contributed by atoms with E-state index in [2.05, 4.69) is 19.2 Å². The summed E-state index contributed by atoms with van der Waals surface area (Å²) in [6, 6.07) is 8.00. The van der Waals surface area contributed by atoms with Crippen LogP contribution in [0.1, 0.15) is 51.5 Å². The Balaban J connectivity index is 0.00000484. The first-order valence-corrected chi connectivity index (χ1v) is 8.24. The number of aryl methyl sites for hydroxylation is 1. The molecule has 1 rings (SSSR count). The number of amides is 1. The average Bonchev–Trinajstić information content (AvgIpc) is 2.52. The molecule has 0 aliphatic heterocycles. The smallest absolute Gasteiger partial charge is 0.220 e. The summed E-state index contributed by atoms with van der Waals surface area (Å²) < 4.78 is 5.67. The van der Waals surface area contributed by atoms with Crippen LogP contribution in [0, 0.1) is 6.92 Å². The second-order valence-electron chi connectivity index (χ2n) is 5.97. The van der Waals surface area contributed by atoms with E-state index in [1.165, 1.54) is 5.56 Å². The summed E-state index contributed by atoms with van der Waals surface area (Å²) in [6.07, 6.45) is 3.97. The van der Waals surface area contributed by atoms with Crippen molar-refractivity contribution in [2.75, 3.05) is 13.2 Å². The molecule has 3 N–H and O–H groups in total. The third kappa shape index (κ3) is 8.82. The van der Waals surface area contributed by atoms with E-state index in [0.29, 0.717) is 19.6 Å². The number of nitrogens with one attached hydrogen (secondary N) is 1. The number of hydrogen-bond acceptors (Lipinski definition) is 3. The zero-order valence-electron chi connectivity index (χ0n) is 14.6. The van der Waals surface area contributed by atoms with Crippen molar-refractivity contribution in [3.05, 3.63) is 29.8 Å². The van der Waals surface area contributed by atoms with E-state index in [1.807, 2.05) is 31.2 Å². The fraction of sp³-hybridized carbons (Fsp3) is 0.611. The molecule has 0 atom stereocenters. The average molecular weight is 343 g/mol. The van der Waals surface area contributed by atoms with Gasteiger partial charge in [0.15, 0.2) is 0 Å². The van der Waals surface area contributed by atoms with Gasteiger partial charge in [0, 0.05) is 18.5 Å². The molecule has 0 fully saturated rings. The van der Waals surface area contributed by atoms with Crippen LogP contribution in [0.5, 0.6) is 5.75 Å². The van der Waals surface area contributed by atoms with Crippen molar-refractivity contribution in [2.45, 2.75) is 58.4 Å². The molecular weight excluding hydrogens is 312 g/mol. The van der Waals surface area contributed by atoms with Crippen LogP contribution in [0.2, 0.25) is 0 Å². The molecule has 1 aromatic carbocycles. The minimum atomic E-state index is -0.274. The third-order valence-electron chi connectivity index (χ3n) is 4.10. The van der Waals surface area contributed by atoms with Gasteiger partial charge < -0.3 is 15.8 Å². The van der Waals surface area contributed by atoms with Crippen molar-refractivity contribution < 1.29 is 9.53 Å². The Hall–Kier alpha value is -1.26. The summed E-state index contributed by atoms with van der Waals surface area (Å²) in [5.41, 5.74) is 7.08. The van der Waals surface area contributed by atoms with E-state index < -0.39 is 0 Å². The van der Waals surface area contributed by atoms with Gasteiger partial charge >= 0.3 is 0 Å². The first-order valence-electron chi connectivity index (χ1n) is 8.24. The lowest BCUT2D eigenvalue weighted by Gasteiger charge is -2.26. The first kappa shape index (κ1) is 21.7. The van der Waals surface area contributed by atoms with Crippen LogP contribution in [0.15, 0.2) is 24.3 Å². The second-order valence-corrected chi connectivity index (χ2v) is 5.97. The highest BCUT2D eigenvalue weighted by Crippen LogP contribution is 2.13. The molecule has 0 saturated heterocycles. The molecule has 0 unspecified atom stereocenters. The number of nitrogens with two attached hydrogens (primary N) is 1. The number of unbranched alkanes of at least 4 members (excludes halogenated alkanes) is 1. The van der Waals surface area contributed by atoms with Crippen molar-refractivity contribution in [1.29, 1.82) is 0 Å². The summed E-state index contributed by atoms with van der Waals surface area (Å²) >= 11 is 0. The van der Waals surface area contributed by atoms with E-state index >= 15 is 0 Å². The van der Waals surface area contributed by atoms with Crippen LogP contribution in [0.3, 0.4) is 0 Å². The van der Waals surface area contributed by atoms with Crippen LogP contribution < -0.4 is 15.8 Å². The Bertz CT molecular complexity index is 462. The summed E-state index contributed by atoms with van der Waals surface area (Å²) in [5.74, 6) is 0.968. The number of carbonyl (C=O) groups is 1. The molecule has 0 bridgehead atoms. The van der Waals surface area contributed by atoms with Gasteiger partial charge in [-0.05, 0) is 50.3 Å². The quantitative estimate of drug-likeness (QED) is 0.638. The molecule has 1 amide bonds. The Morgan fingerprint density at radius 1 is 1.26 bits per heavy atom. The van der Waals surface area contributed by atoms with E-state index in [4.69, 9.17) is 10.5 Å². The summed E-state index contributed by atoms with van der Waals surface area (Å²) in [4.78, 5) is 11.8. The fourth-order valence-electron chi connectivity index (χ4n) is 2.15. The number of halogens is 1. The molecule has 0 aromatic heterocycles. The lowest BCUT2D eigenvalue weighted by atomic mass is 9.94. The zero-order valence-corrected chi connectivity index (χ0v) is 15.4. The molecule has 0 aliphatic rings. The molecule has 132 valence electrons. The van der Waals surface area contributed by atoms with Crippen molar-refractivity contribution in [1.82, 2.24) is 5.32 Å². The van der Waals surface area contributed by atoms with Gasteiger partial charge in [-0.15, -0.1) is 12.4 Å². The molecular formula is C18H31ClN2O2. The van der Waals surface area contributed by atoms with E-state index in [0.717, 1.165) is 31.4 Å². The van der Waals surface area contributed by atoms with E-state index in [9.17, 15) is 4.79 Å². The van der Waals surface area contributed by atoms with Gasteiger partial charge in [-0.3, -0.25) is 4.79 Å². The van der Waals surface area contributed by atoms with E-state index in [1.54, 1.807) is 0 Å². The molecule has 5 heteroatoms. The lowest BCUT2D eigenvalue weighted by molar-refractivity contribution is -0.121. The van der Waals surface area contributed by atoms with Gasteiger partial charge in [-0.1, -0.05) is 26.0 Å². The largest absolute Gasteiger partial charge is 0.494 e. The highest BCUT2D eigenvalue weighted by Gasteiger charge is 2.20. The Labute approximate surface area is 146 Å². The number of benzene rings is 1. The Morgan fingerprint density at radius 2 is 1.96 bits per heavy atom. The molecule has 0 heterocycles. The minimum absolute atomic E-state index is 0. The van der Waals surface area contributed by atoms with E-state index in [-0.39, 0.29) is 23.9 Å². The van der Waals surface area contributed by atoms with Crippen LogP contribution in [-0.4, -0.2) is 24.6 Å². The standard InChI is InChI=1S/C18H30N2O2.ClH/c1-4-18(19,5-2)14-20-17(21)11-6-7-12-22-16-10-8-9-15(3)13-16;/h8-10,13H,4-7,11-12,14,19H2,1-3H3,(H,20,21);1H. The van der Waals surface area contributed by atoms with Crippen molar-refractivity contribution in [3.63, 3.8) is 0 Å². The van der Waals surface area contributed by atoms with Crippen LogP contribution in [0.25, 0.3) is 0 Å². The maximum atomic E-state index is 11.8. The highest BCUT2D eigenvalue weighted by molar-refractivity contribution is 5.85. The van der Waals surface area contributed by atoms with Gasteiger partial charge in [0.2, 0.25) is 5.91 Å². The fourth-order valence-corrected chi connectivity index (χ4v) is 2.15. The minimum Gasteiger partial charge on any atom is -0.494 e. The number of hydrogen-bond donors (Lipinski definition) is 2. The van der Waals surface area contributed by atoms with Gasteiger partial charge in [-0.25, -0.2) is 0 Å². The normalized spacial score (nSPS) is 10.8. The third-order valence-corrected chi connectivity index (χ3v) is 4.10. The molecule has 1 aromatic rings. The van der Waals surface area contributed by atoms with Gasteiger partial charge in [0.1, 0.15) is 5.75 Å². The van der Waals surface area contributed by atoms with Crippen molar-refractivity contribution in [2.24, 2.45) is 5.73 Å². The SMILES string of the molecule is CCC(N)(CC)CNC(=O)CCCCOc1cccc(C)c1.Cl. The molecule has 0 spiro atoms. The van der Waals surface area contributed by atoms with Crippen LogP contribution >= 0.6 is 12.4 Å². The summed E-state index contributed by atoms with van der Waals surface area (Å²) in [6.45, 7) is 7.35. The molecule has 0 saturated carbocycles. The first-order chi connectivity index (χ1) is 10.5. The highest BCUT2D eigenvalue weighted by atomic mass is 35.5. The van der Waals surface area contributed by atoms with Crippen molar-refractivity contribution >= 4 is 18.3 Å². The van der Waals surface area contributed by atoms with Gasteiger partial charge in [-0.2, -0.15) is 0 Å². The summed E-state index contributed by atoms with van der Waals surface area (Å²) in [5, 5.41) is 2.94. The molecule has 0 radical (unpaired) electrons. The topological polar surface area (TPSA) is 64.3 Å². The van der Waals surface area contributed by atoms with Crippen molar-refractivity contribution in [3.8, 4) is 5.75 Å².